The van der Waals surface area contributed by atoms with Gasteiger partial charge in [0.05, 0.1) is 32.3 Å². The van der Waals surface area contributed by atoms with Crippen LogP contribution in [0.25, 0.3) is 0 Å². The minimum Gasteiger partial charge on any atom is -0.394 e. The Morgan fingerprint density at radius 1 is 0.697 bits per heavy atom. The van der Waals surface area contributed by atoms with Crippen molar-refractivity contribution in [1.29, 1.82) is 0 Å². The average Bonchev–Trinajstić information content (AvgIpc) is 3.26. The molecule has 1 aromatic carbocycles. The number of nitrogens with zero attached hydrogens (tertiary/aromatic N) is 2. The number of carbonyl (C=O) groups excluding carboxylic acids is 9. The molecule has 0 saturated carbocycles. The zero-order chi connectivity index (χ0) is 49.2. The van der Waals surface area contributed by atoms with E-state index in [-0.39, 0.29) is 62.2 Å². The van der Waals surface area contributed by atoms with Crippen LogP contribution in [0, 0.1) is 0 Å². The van der Waals surface area contributed by atoms with Crippen molar-refractivity contribution in [2.45, 2.75) is 80.4 Å². The summed E-state index contributed by atoms with van der Waals surface area (Å²) < 4.78 is 0. The molecule has 66 heavy (non-hydrogen) atoms. The first-order valence-electron chi connectivity index (χ1n) is 20.6. The van der Waals surface area contributed by atoms with Crippen molar-refractivity contribution < 1.29 is 48.3 Å². The van der Waals surface area contributed by atoms with Crippen molar-refractivity contribution in [3.8, 4) is 0 Å². The quantitative estimate of drug-likeness (QED) is 0.0526. The maximum Gasteiger partial charge on any atom is 0.245 e. The van der Waals surface area contributed by atoms with Crippen molar-refractivity contribution >= 4 is 88.6 Å². The number of thioether (sulfide) groups is 2. The topological polar surface area (TPSA) is 451 Å². The fourth-order valence-corrected chi connectivity index (χ4v) is 7.67. The van der Waals surface area contributed by atoms with Crippen LogP contribution in [0.1, 0.15) is 43.7 Å². The molecular formula is C38H62N16O10S2. The lowest BCUT2D eigenvalue weighted by atomic mass is 10.1. The van der Waals surface area contributed by atoms with Gasteiger partial charge in [0.15, 0.2) is 11.9 Å². The van der Waals surface area contributed by atoms with E-state index in [2.05, 4.69) is 52.5 Å². The van der Waals surface area contributed by atoms with E-state index >= 15 is 0 Å². The smallest absolute Gasteiger partial charge is 0.245 e. The number of guanidine groups is 2. The largest absolute Gasteiger partial charge is 0.394 e. The van der Waals surface area contributed by atoms with Gasteiger partial charge >= 0.3 is 0 Å². The monoisotopic (exact) mass is 966 g/mol. The molecule has 28 heteroatoms. The van der Waals surface area contributed by atoms with Gasteiger partial charge in [0.2, 0.25) is 53.2 Å². The Labute approximate surface area is 389 Å². The van der Waals surface area contributed by atoms with E-state index in [0.717, 1.165) is 11.1 Å². The number of nitrogens with one attached hydrogen (secondary N) is 8. The maximum absolute atomic E-state index is 13.4. The van der Waals surface area contributed by atoms with E-state index < -0.39 is 116 Å². The molecule has 2 rings (SSSR count). The lowest BCUT2D eigenvalue weighted by Crippen LogP contribution is -2.58. The molecule has 0 aromatic heterocycles. The molecule has 1 aromatic rings. The number of primary amides is 1. The minimum absolute atomic E-state index is 0.0229. The number of hydrogen-bond donors (Lipinski definition) is 15. The van der Waals surface area contributed by atoms with Crippen LogP contribution in [0.2, 0.25) is 0 Å². The van der Waals surface area contributed by atoms with Crippen LogP contribution in [0.5, 0.6) is 0 Å². The van der Waals surface area contributed by atoms with Gasteiger partial charge in [-0.3, -0.25) is 53.1 Å². The third-order valence-electron chi connectivity index (χ3n) is 9.13. The fourth-order valence-electron chi connectivity index (χ4n) is 5.73. The molecule has 1 aliphatic heterocycles. The summed E-state index contributed by atoms with van der Waals surface area (Å²) in [6, 6.07) is -0.132. The molecule has 21 N–H and O–H groups in total. The second kappa shape index (κ2) is 29.9. The SMILES string of the molecule is C[C@@H]1NC(=O)[C@H](CO)NC(=O)CNC(=O)[C@H](CCCN=C(N)N)NC(=O)CNC(=O)[C@H](CCCN=C(N)N)NC(=O)[C@@H](N)CSCc2cccc(c2)CSC[C@@H](C(=O)NCC(N)=O)NC1=O. The van der Waals surface area contributed by atoms with E-state index in [0.29, 0.717) is 11.5 Å². The van der Waals surface area contributed by atoms with E-state index in [1.165, 1.54) is 30.4 Å². The van der Waals surface area contributed by atoms with Gasteiger partial charge in [-0.2, -0.15) is 23.5 Å². The normalized spacial score (nSPS) is 22.7. The number of fused-ring (bicyclic) bond motifs is 2. The van der Waals surface area contributed by atoms with Gasteiger partial charge in [-0.25, -0.2) is 0 Å². The highest BCUT2D eigenvalue weighted by Crippen LogP contribution is 2.19. The molecule has 366 valence electrons. The molecule has 0 unspecified atom stereocenters. The summed E-state index contributed by atoms with van der Waals surface area (Å²) in [6.07, 6.45) is 0.456. The Bertz CT molecular complexity index is 1920. The third kappa shape index (κ3) is 22.5. The fraction of sp³-hybridized carbons (Fsp3) is 0.553. The number of benzene rings is 1. The molecule has 1 aliphatic rings. The Hall–Kier alpha value is -6.39. The second-order valence-electron chi connectivity index (χ2n) is 14.7. The molecule has 0 spiro atoms. The number of amides is 9. The zero-order valence-corrected chi connectivity index (χ0v) is 38.1. The molecule has 0 saturated heterocycles. The van der Waals surface area contributed by atoms with Gasteiger partial charge in [-0.05, 0) is 43.7 Å². The van der Waals surface area contributed by atoms with Gasteiger partial charge < -0.3 is 82.0 Å². The minimum atomic E-state index is -1.59. The average molecular weight is 967 g/mol. The summed E-state index contributed by atoms with van der Waals surface area (Å²) in [5.41, 5.74) is 34.8. The number of aliphatic hydroxyl groups is 1. The lowest BCUT2D eigenvalue weighted by Gasteiger charge is -2.23. The summed E-state index contributed by atoms with van der Waals surface area (Å²) >= 11 is 2.64. The van der Waals surface area contributed by atoms with Crippen LogP contribution < -0.4 is 76.9 Å². The molecule has 0 radical (unpaired) electrons. The van der Waals surface area contributed by atoms with E-state index in [1.54, 1.807) is 0 Å². The number of carbonyl (C=O) groups is 9. The first-order valence-corrected chi connectivity index (χ1v) is 22.9. The standard InChI is InChI=1S/C38H62N16O10S2/c1-20-31(59)54-27(35(63)47-12-28(40)56)19-66-17-22-6-2-5-21(11-22)16-65-18-23(39)32(60)53-25(8-4-10-46-38(43)44)34(62)49-13-29(57)51-24(7-3-9-45-37(41)42)33(61)48-14-30(58)52-26(15-55)36(64)50-20/h2,5-6,11,20,23-27,55H,3-4,7-10,12-19,39H2,1H3,(H2,40,56)(H,47,63)(H,48,61)(H,49,62)(H,50,64)(H,51,57)(H,52,58)(H,53,60)(H,54,59)(H4,41,42,45)(H4,43,44,46)/t20-,23-,24-,25-,26-,27-/m0/s1. The van der Waals surface area contributed by atoms with Crippen molar-refractivity contribution in [2.24, 2.45) is 44.4 Å². The van der Waals surface area contributed by atoms with Gasteiger partial charge in [0.25, 0.3) is 0 Å². The van der Waals surface area contributed by atoms with Gasteiger partial charge in [0, 0.05) is 36.1 Å². The Morgan fingerprint density at radius 3 is 1.73 bits per heavy atom. The summed E-state index contributed by atoms with van der Waals surface area (Å²) in [5.74, 6) is -6.71. The van der Waals surface area contributed by atoms with Crippen LogP contribution in [0.4, 0.5) is 0 Å². The van der Waals surface area contributed by atoms with Crippen LogP contribution in [0.15, 0.2) is 34.3 Å². The van der Waals surface area contributed by atoms with Crippen LogP contribution in [-0.4, -0.2) is 157 Å². The first-order chi connectivity index (χ1) is 31.3. The van der Waals surface area contributed by atoms with Crippen molar-refractivity contribution in [2.75, 3.05) is 50.8 Å². The Kier molecular flexibility index (Phi) is 25.3. The van der Waals surface area contributed by atoms with E-state index in [1.807, 2.05) is 24.3 Å². The third-order valence-corrected chi connectivity index (χ3v) is 11.4. The van der Waals surface area contributed by atoms with Crippen LogP contribution >= 0.6 is 23.5 Å². The summed E-state index contributed by atoms with van der Waals surface area (Å²) in [7, 11) is 0. The lowest BCUT2D eigenvalue weighted by molar-refractivity contribution is -0.134. The van der Waals surface area contributed by atoms with Crippen LogP contribution in [0.3, 0.4) is 0 Å². The molecule has 1 heterocycles. The number of aliphatic imine (C=N–C) groups is 2. The van der Waals surface area contributed by atoms with Gasteiger partial charge in [-0.15, -0.1) is 0 Å². The highest BCUT2D eigenvalue weighted by Gasteiger charge is 2.29. The van der Waals surface area contributed by atoms with Gasteiger partial charge in [-0.1, -0.05) is 24.3 Å². The second-order valence-corrected chi connectivity index (χ2v) is 16.8. The number of nitrogens with two attached hydrogens (primary N) is 6. The molecular weight excluding hydrogens is 905 g/mol. The molecule has 26 nitrogen and oxygen atoms in total. The molecule has 6 atom stereocenters. The van der Waals surface area contributed by atoms with Crippen LogP contribution in [-0.2, 0) is 54.7 Å². The van der Waals surface area contributed by atoms with Crippen molar-refractivity contribution in [3.63, 3.8) is 0 Å². The first kappa shape index (κ1) is 55.7. The van der Waals surface area contributed by atoms with E-state index in [9.17, 15) is 48.3 Å². The van der Waals surface area contributed by atoms with Gasteiger partial charge in [0.1, 0.15) is 30.2 Å². The number of rotatable bonds is 12. The maximum atomic E-state index is 13.4. The molecule has 0 fully saturated rings. The Balaban J connectivity index is 2.39. The predicted octanol–water partition coefficient (Wildman–Crippen LogP) is -7.13. The zero-order valence-electron chi connectivity index (χ0n) is 36.5. The molecule has 2 bridgehead atoms. The molecule has 0 aliphatic carbocycles. The summed E-state index contributed by atoms with van der Waals surface area (Å²) in [4.78, 5) is 124. The van der Waals surface area contributed by atoms with Crippen molar-refractivity contribution in [3.05, 3.63) is 35.4 Å². The predicted molar refractivity (Wildman–Crippen MR) is 247 cm³/mol. The number of hydrogen-bond acceptors (Lipinski definition) is 15. The molecule has 9 amide bonds. The van der Waals surface area contributed by atoms with Crippen molar-refractivity contribution in [1.82, 2.24) is 42.5 Å². The summed E-state index contributed by atoms with van der Waals surface area (Å²) in [6.45, 7) is -1.29. The highest BCUT2D eigenvalue weighted by molar-refractivity contribution is 7.98. The number of aliphatic hydroxyl groups excluding tert-OH is 1. The highest BCUT2D eigenvalue weighted by atomic mass is 32.2. The Morgan fingerprint density at radius 2 is 1.21 bits per heavy atom. The van der Waals surface area contributed by atoms with E-state index in [4.69, 9.17) is 34.4 Å². The summed E-state index contributed by atoms with van der Waals surface area (Å²) in [5, 5.41) is 29.3.